The summed E-state index contributed by atoms with van der Waals surface area (Å²) in [6.45, 7) is 4.99. The number of nitrogens with zero attached hydrogens (tertiary/aromatic N) is 1. The zero-order chi connectivity index (χ0) is 16.8. The molecule has 126 valence electrons. The van der Waals surface area contributed by atoms with Gasteiger partial charge in [0.05, 0.1) is 5.56 Å². The van der Waals surface area contributed by atoms with Crippen LogP contribution in [0.3, 0.4) is 0 Å². The summed E-state index contributed by atoms with van der Waals surface area (Å²) in [7, 11) is 0. The van der Waals surface area contributed by atoms with E-state index < -0.39 is 5.97 Å². The summed E-state index contributed by atoms with van der Waals surface area (Å²) in [6.07, 6.45) is 1.22. The second kappa shape index (κ2) is 8.08. The van der Waals surface area contributed by atoms with E-state index in [2.05, 4.69) is 40.5 Å². The van der Waals surface area contributed by atoms with Gasteiger partial charge in [0, 0.05) is 19.6 Å². The molecule has 4 nitrogen and oxygen atoms in total. The van der Waals surface area contributed by atoms with Crippen LogP contribution in [0.4, 0.5) is 0 Å². The number of aromatic carboxylic acids is 1. The molecule has 0 aliphatic carbocycles. The van der Waals surface area contributed by atoms with Gasteiger partial charge >= 0.3 is 5.97 Å². The number of benzene rings is 2. The number of nitrogens with one attached hydrogen (secondary N) is 1. The Balaban J connectivity index is 1.42. The van der Waals surface area contributed by atoms with E-state index in [-0.39, 0.29) is 0 Å². The van der Waals surface area contributed by atoms with Crippen LogP contribution < -0.4 is 5.32 Å². The van der Waals surface area contributed by atoms with Gasteiger partial charge in [-0.25, -0.2) is 4.79 Å². The van der Waals surface area contributed by atoms with Gasteiger partial charge in [-0.3, -0.25) is 4.90 Å². The Morgan fingerprint density at radius 2 is 1.92 bits per heavy atom. The Morgan fingerprint density at radius 3 is 2.71 bits per heavy atom. The molecule has 0 amide bonds. The molecule has 2 N–H and O–H groups in total. The van der Waals surface area contributed by atoms with E-state index in [0.29, 0.717) is 11.5 Å². The first-order chi connectivity index (χ1) is 11.7. The van der Waals surface area contributed by atoms with Crippen LogP contribution in [0.25, 0.3) is 0 Å². The molecule has 24 heavy (non-hydrogen) atoms. The summed E-state index contributed by atoms with van der Waals surface area (Å²) < 4.78 is 0. The summed E-state index contributed by atoms with van der Waals surface area (Å²) in [5.41, 5.74) is 2.75. The molecule has 3 rings (SSSR count). The highest BCUT2D eigenvalue weighted by Crippen LogP contribution is 2.18. The van der Waals surface area contributed by atoms with Crippen molar-refractivity contribution >= 4 is 5.97 Å². The number of hydrogen-bond acceptors (Lipinski definition) is 3. The average Bonchev–Trinajstić information content (AvgIpc) is 3.03. The maximum atomic E-state index is 11.0. The molecule has 0 bridgehead atoms. The van der Waals surface area contributed by atoms with E-state index in [1.54, 1.807) is 18.2 Å². The number of carboxylic acid groups (broad SMARTS) is 1. The molecule has 1 unspecified atom stereocenters. The lowest BCUT2D eigenvalue weighted by atomic mass is 10.1. The van der Waals surface area contributed by atoms with Crippen LogP contribution in [0, 0.1) is 5.92 Å². The van der Waals surface area contributed by atoms with E-state index in [0.717, 1.165) is 38.3 Å². The lowest BCUT2D eigenvalue weighted by Gasteiger charge is -2.16. The maximum Gasteiger partial charge on any atom is 0.335 e. The molecule has 1 aliphatic rings. The highest BCUT2D eigenvalue weighted by atomic mass is 16.4. The Morgan fingerprint density at radius 1 is 1.12 bits per heavy atom. The van der Waals surface area contributed by atoms with Crippen LogP contribution in [-0.4, -0.2) is 35.6 Å². The van der Waals surface area contributed by atoms with E-state index in [9.17, 15) is 4.79 Å². The summed E-state index contributed by atoms with van der Waals surface area (Å²) in [5.74, 6) is -0.208. The fraction of sp³-hybridized carbons (Fsp3) is 0.350. The molecule has 1 saturated heterocycles. The lowest BCUT2D eigenvalue weighted by Crippen LogP contribution is -2.26. The Bertz CT molecular complexity index is 672. The zero-order valence-corrected chi connectivity index (χ0v) is 13.8. The second-order valence-corrected chi connectivity index (χ2v) is 6.51. The van der Waals surface area contributed by atoms with Crippen LogP contribution in [0.1, 0.15) is 27.9 Å². The minimum atomic E-state index is -0.871. The van der Waals surface area contributed by atoms with Crippen LogP contribution in [-0.2, 0) is 13.1 Å². The molecule has 2 aromatic rings. The highest BCUT2D eigenvalue weighted by molar-refractivity contribution is 5.87. The molecule has 1 atom stereocenters. The molecule has 0 spiro atoms. The summed E-state index contributed by atoms with van der Waals surface area (Å²) in [4.78, 5) is 13.5. The van der Waals surface area contributed by atoms with Gasteiger partial charge in [-0.1, -0.05) is 42.5 Å². The lowest BCUT2D eigenvalue weighted by molar-refractivity contribution is 0.0696. The van der Waals surface area contributed by atoms with Crippen molar-refractivity contribution in [3.63, 3.8) is 0 Å². The van der Waals surface area contributed by atoms with Gasteiger partial charge in [-0.15, -0.1) is 0 Å². The molecule has 1 heterocycles. The van der Waals surface area contributed by atoms with Crippen molar-refractivity contribution in [1.82, 2.24) is 10.2 Å². The normalized spacial score (nSPS) is 17.9. The third kappa shape index (κ3) is 4.66. The van der Waals surface area contributed by atoms with Crippen LogP contribution >= 0.6 is 0 Å². The molecule has 0 saturated carbocycles. The van der Waals surface area contributed by atoms with E-state index >= 15 is 0 Å². The molecular weight excluding hydrogens is 300 g/mol. The van der Waals surface area contributed by atoms with Gasteiger partial charge in [0.25, 0.3) is 0 Å². The quantitative estimate of drug-likeness (QED) is 0.822. The molecule has 1 aliphatic heterocycles. The third-order valence-corrected chi connectivity index (χ3v) is 4.56. The van der Waals surface area contributed by atoms with E-state index in [4.69, 9.17) is 5.11 Å². The van der Waals surface area contributed by atoms with Crippen molar-refractivity contribution in [3.8, 4) is 0 Å². The van der Waals surface area contributed by atoms with Crippen molar-refractivity contribution in [3.05, 3.63) is 71.3 Å². The Kier molecular flexibility index (Phi) is 5.62. The van der Waals surface area contributed by atoms with Gasteiger partial charge in [0.2, 0.25) is 0 Å². The fourth-order valence-electron chi connectivity index (χ4n) is 3.30. The predicted molar refractivity (Wildman–Crippen MR) is 94.9 cm³/mol. The number of likely N-dealkylation sites (tertiary alicyclic amines) is 1. The average molecular weight is 324 g/mol. The molecule has 0 aromatic heterocycles. The maximum absolute atomic E-state index is 11.0. The van der Waals surface area contributed by atoms with Gasteiger partial charge < -0.3 is 10.4 Å². The number of carboxylic acids is 1. The number of hydrogen-bond donors (Lipinski definition) is 2. The fourth-order valence-corrected chi connectivity index (χ4v) is 3.30. The first kappa shape index (κ1) is 16.7. The zero-order valence-electron chi connectivity index (χ0n) is 13.8. The van der Waals surface area contributed by atoms with E-state index in [1.165, 1.54) is 12.0 Å². The van der Waals surface area contributed by atoms with Crippen molar-refractivity contribution in [1.29, 1.82) is 0 Å². The van der Waals surface area contributed by atoms with Crippen LogP contribution in [0.5, 0.6) is 0 Å². The highest BCUT2D eigenvalue weighted by Gasteiger charge is 2.21. The summed E-state index contributed by atoms with van der Waals surface area (Å²) in [5, 5.41) is 12.5. The third-order valence-electron chi connectivity index (χ3n) is 4.56. The second-order valence-electron chi connectivity index (χ2n) is 6.51. The first-order valence-corrected chi connectivity index (χ1v) is 8.50. The largest absolute Gasteiger partial charge is 0.478 e. The minimum Gasteiger partial charge on any atom is -0.478 e. The predicted octanol–water partition coefficient (Wildman–Crippen LogP) is 3.00. The van der Waals surface area contributed by atoms with Gasteiger partial charge in [-0.2, -0.15) is 0 Å². The smallest absolute Gasteiger partial charge is 0.335 e. The molecule has 0 radical (unpaired) electrons. The molecule has 1 fully saturated rings. The SMILES string of the molecule is O=C(O)c1cccc(CNCC2CCN(Cc3ccccc3)C2)c1. The standard InChI is InChI=1S/C20H24N2O2/c23-20(24)19-8-4-7-17(11-19)12-21-13-18-9-10-22(15-18)14-16-5-2-1-3-6-16/h1-8,11,18,21H,9-10,12-15H2,(H,23,24). The number of rotatable bonds is 7. The van der Waals surface area contributed by atoms with Gasteiger partial charge in [0.15, 0.2) is 0 Å². The molecule has 2 aromatic carbocycles. The number of carbonyl (C=O) groups is 1. The van der Waals surface area contributed by atoms with Crippen molar-refractivity contribution < 1.29 is 9.90 Å². The molecular formula is C20H24N2O2. The Hall–Kier alpha value is -2.17. The molecule has 4 heteroatoms. The van der Waals surface area contributed by atoms with Gasteiger partial charge in [0.1, 0.15) is 0 Å². The van der Waals surface area contributed by atoms with Crippen LogP contribution in [0.15, 0.2) is 54.6 Å². The first-order valence-electron chi connectivity index (χ1n) is 8.50. The minimum absolute atomic E-state index is 0.351. The van der Waals surface area contributed by atoms with Gasteiger partial charge in [-0.05, 0) is 48.7 Å². The Labute approximate surface area is 143 Å². The van der Waals surface area contributed by atoms with Crippen molar-refractivity contribution in [2.24, 2.45) is 5.92 Å². The monoisotopic (exact) mass is 324 g/mol. The van der Waals surface area contributed by atoms with Crippen molar-refractivity contribution in [2.45, 2.75) is 19.5 Å². The summed E-state index contributed by atoms with van der Waals surface area (Å²) >= 11 is 0. The van der Waals surface area contributed by atoms with Crippen molar-refractivity contribution in [2.75, 3.05) is 19.6 Å². The van der Waals surface area contributed by atoms with Crippen LogP contribution in [0.2, 0.25) is 0 Å². The topological polar surface area (TPSA) is 52.6 Å². The van der Waals surface area contributed by atoms with E-state index in [1.807, 2.05) is 6.07 Å². The summed E-state index contributed by atoms with van der Waals surface area (Å²) in [6, 6.07) is 17.7.